The predicted molar refractivity (Wildman–Crippen MR) is 97.6 cm³/mol. The summed E-state index contributed by atoms with van der Waals surface area (Å²) in [6.45, 7) is 7.43. The first-order valence-electron chi connectivity index (χ1n) is 8.70. The fraction of sp³-hybridized carbons (Fsp3) is 0.550. The summed E-state index contributed by atoms with van der Waals surface area (Å²) < 4.78 is 5.63. The van der Waals surface area contributed by atoms with E-state index in [1.807, 2.05) is 30.3 Å². The number of ether oxygens (including phenoxy) is 1. The topological polar surface area (TPSA) is 38.3 Å². The minimum atomic E-state index is -0.00373. The van der Waals surface area contributed by atoms with E-state index in [0.29, 0.717) is 11.5 Å². The van der Waals surface area contributed by atoms with Gasteiger partial charge in [0, 0.05) is 13.5 Å². The Morgan fingerprint density at radius 1 is 1.39 bits per heavy atom. The van der Waals surface area contributed by atoms with Gasteiger partial charge in [-0.2, -0.15) is 0 Å². The number of hydrogen-bond donors (Lipinski definition) is 1. The standard InChI is InChI=1S/C20H29NO2.H2/c1-4-5-14-23-18-9-6-16(7-10-18)8-11-19(22)21-17-12-13-20(2,3)15-17;/h6-11,17H,4-5,12-15H2,1-3H3,(H,21,22);1H/b11-8+;. The van der Waals surface area contributed by atoms with Crippen LogP contribution < -0.4 is 10.1 Å². The normalized spacial score (nSPS) is 19.9. The van der Waals surface area contributed by atoms with E-state index in [2.05, 4.69) is 26.1 Å². The minimum Gasteiger partial charge on any atom is -0.494 e. The van der Waals surface area contributed by atoms with Gasteiger partial charge in [0.05, 0.1) is 6.61 Å². The van der Waals surface area contributed by atoms with Crippen LogP contribution in [0.25, 0.3) is 6.08 Å². The van der Waals surface area contributed by atoms with Crippen LogP contribution in [-0.2, 0) is 4.79 Å². The molecular weight excluding hydrogens is 286 g/mol. The Bertz CT molecular complexity index is 537. The van der Waals surface area contributed by atoms with Gasteiger partial charge in [-0.1, -0.05) is 39.3 Å². The van der Waals surface area contributed by atoms with E-state index in [-0.39, 0.29) is 7.33 Å². The number of carbonyl (C=O) groups excluding carboxylic acids is 1. The molecule has 0 saturated heterocycles. The average molecular weight is 317 g/mol. The second-order valence-electron chi connectivity index (χ2n) is 7.22. The molecule has 1 saturated carbocycles. The highest BCUT2D eigenvalue weighted by Gasteiger charge is 2.31. The van der Waals surface area contributed by atoms with Gasteiger partial charge in [0.1, 0.15) is 5.75 Å². The van der Waals surface area contributed by atoms with E-state index >= 15 is 0 Å². The molecule has 23 heavy (non-hydrogen) atoms. The first-order chi connectivity index (χ1) is 11.0. The van der Waals surface area contributed by atoms with Crippen LogP contribution in [0.4, 0.5) is 0 Å². The lowest BCUT2D eigenvalue weighted by molar-refractivity contribution is -0.117. The molecule has 0 heterocycles. The summed E-state index contributed by atoms with van der Waals surface area (Å²) in [4.78, 5) is 12.0. The summed E-state index contributed by atoms with van der Waals surface area (Å²) in [6, 6.07) is 8.17. The van der Waals surface area contributed by atoms with Gasteiger partial charge in [0.25, 0.3) is 0 Å². The lowest BCUT2D eigenvalue weighted by Crippen LogP contribution is -2.32. The van der Waals surface area contributed by atoms with Crippen molar-refractivity contribution in [2.75, 3.05) is 6.61 Å². The van der Waals surface area contributed by atoms with Gasteiger partial charge in [-0.15, -0.1) is 0 Å². The Kier molecular flexibility index (Phi) is 6.26. The molecule has 1 unspecified atom stereocenters. The molecule has 0 spiro atoms. The highest BCUT2D eigenvalue weighted by molar-refractivity contribution is 5.91. The average Bonchev–Trinajstić information content (AvgIpc) is 2.85. The lowest BCUT2D eigenvalue weighted by atomic mass is 9.92. The SMILES string of the molecule is CCCCOc1ccc(/C=C/C(=O)NC2CCC(C)(C)C2)cc1.[HH]. The quantitative estimate of drug-likeness (QED) is 0.578. The summed E-state index contributed by atoms with van der Waals surface area (Å²) >= 11 is 0. The molecule has 1 aromatic rings. The van der Waals surface area contributed by atoms with E-state index in [9.17, 15) is 4.79 Å². The summed E-state index contributed by atoms with van der Waals surface area (Å²) in [5, 5.41) is 3.10. The third kappa shape index (κ3) is 6.09. The van der Waals surface area contributed by atoms with Crippen LogP contribution in [0.1, 0.15) is 59.9 Å². The van der Waals surface area contributed by atoms with Crippen LogP contribution in [0.2, 0.25) is 0 Å². The maximum absolute atomic E-state index is 12.0. The molecule has 3 heteroatoms. The number of hydrogen-bond acceptors (Lipinski definition) is 2. The van der Waals surface area contributed by atoms with E-state index in [1.165, 1.54) is 6.42 Å². The van der Waals surface area contributed by atoms with E-state index < -0.39 is 0 Å². The van der Waals surface area contributed by atoms with Crippen LogP contribution in [0.5, 0.6) is 5.75 Å². The molecule has 0 bridgehead atoms. The monoisotopic (exact) mass is 317 g/mol. The van der Waals surface area contributed by atoms with Crippen molar-refractivity contribution < 1.29 is 11.0 Å². The molecule has 2 rings (SSSR count). The number of nitrogens with one attached hydrogen (secondary N) is 1. The van der Waals surface area contributed by atoms with Crippen molar-refractivity contribution >= 4 is 12.0 Å². The van der Waals surface area contributed by atoms with Crippen LogP contribution >= 0.6 is 0 Å². The summed E-state index contributed by atoms with van der Waals surface area (Å²) in [5.74, 6) is 0.879. The van der Waals surface area contributed by atoms with Gasteiger partial charge >= 0.3 is 0 Å². The maximum Gasteiger partial charge on any atom is 0.244 e. The first-order valence-corrected chi connectivity index (χ1v) is 8.70. The van der Waals surface area contributed by atoms with Gasteiger partial charge in [-0.3, -0.25) is 4.79 Å². The Labute approximate surface area is 141 Å². The molecule has 1 fully saturated rings. The smallest absolute Gasteiger partial charge is 0.244 e. The van der Waals surface area contributed by atoms with Crippen molar-refractivity contribution in [1.29, 1.82) is 0 Å². The Morgan fingerprint density at radius 2 is 2.13 bits per heavy atom. The highest BCUT2D eigenvalue weighted by atomic mass is 16.5. The molecule has 3 nitrogen and oxygen atoms in total. The Morgan fingerprint density at radius 3 is 2.74 bits per heavy atom. The maximum atomic E-state index is 12.0. The molecule has 0 radical (unpaired) electrons. The molecule has 128 valence electrons. The third-order valence-electron chi connectivity index (χ3n) is 4.39. The predicted octanol–water partition coefficient (Wildman–Crippen LogP) is 4.82. The molecule has 1 atom stereocenters. The van der Waals surface area contributed by atoms with Crippen molar-refractivity contribution in [1.82, 2.24) is 5.32 Å². The van der Waals surface area contributed by atoms with Crippen LogP contribution in [-0.4, -0.2) is 18.6 Å². The largest absolute Gasteiger partial charge is 0.494 e. The van der Waals surface area contributed by atoms with Gasteiger partial charge in [-0.25, -0.2) is 0 Å². The van der Waals surface area contributed by atoms with Crippen LogP contribution in [0.15, 0.2) is 30.3 Å². The van der Waals surface area contributed by atoms with Crippen molar-refractivity contribution in [3.63, 3.8) is 0 Å². The molecule has 1 aliphatic rings. The Hall–Kier alpha value is -1.77. The lowest BCUT2D eigenvalue weighted by Gasteiger charge is -2.17. The number of rotatable bonds is 7. The van der Waals surface area contributed by atoms with E-state index in [1.54, 1.807) is 6.08 Å². The molecule has 1 aromatic carbocycles. The zero-order valence-electron chi connectivity index (χ0n) is 14.6. The van der Waals surface area contributed by atoms with Crippen LogP contribution in [0, 0.1) is 5.41 Å². The first kappa shape index (κ1) is 17.6. The molecule has 0 aromatic heterocycles. The number of unbranched alkanes of at least 4 members (excludes halogenated alkanes) is 1. The van der Waals surface area contributed by atoms with Gasteiger partial charge in [-0.05, 0) is 54.9 Å². The molecule has 1 N–H and O–H groups in total. The summed E-state index contributed by atoms with van der Waals surface area (Å²) in [5.41, 5.74) is 1.37. The van der Waals surface area contributed by atoms with E-state index in [0.717, 1.165) is 43.6 Å². The number of amides is 1. The summed E-state index contributed by atoms with van der Waals surface area (Å²) in [6.07, 6.45) is 9.01. The molecule has 0 aliphatic heterocycles. The fourth-order valence-electron chi connectivity index (χ4n) is 2.99. The second-order valence-corrected chi connectivity index (χ2v) is 7.22. The van der Waals surface area contributed by atoms with Crippen LogP contribution in [0.3, 0.4) is 0 Å². The Balaban J connectivity index is 0.00000288. The number of carbonyl (C=O) groups is 1. The van der Waals surface area contributed by atoms with Crippen molar-refractivity contribution in [3.8, 4) is 5.75 Å². The molecule has 1 aliphatic carbocycles. The van der Waals surface area contributed by atoms with Crippen molar-refractivity contribution in [3.05, 3.63) is 35.9 Å². The summed E-state index contributed by atoms with van der Waals surface area (Å²) in [7, 11) is 0. The third-order valence-corrected chi connectivity index (χ3v) is 4.39. The van der Waals surface area contributed by atoms with Crippen molar-refractivity contribution in [2.45, 2.75) is 58.9 Å². The van der Waals surface area contributed by atoms with Gasteiger partial charge in [0.2, 0.25) is 5.91 Å². The minimum absolute atomic E-state index is 0. The van der Waals surface area contributed by atoms with E-state index in [4.69, 9.17) is 4.74 Å². The second kappa shape index (κ2) is 8.19. The molecule has 1 amide bonds. The zero-order chi connectivity index (χ0) is 16.7. The zero-order valence-corrected chi connectivity index (χ0v) is 14.6. The van der Waals surface area contributed by atoms with Gasteiger partial charge in [0.15, 0.2) is 0 Å². The fourth-order valence-corrected chi connectivity index (χ4v) is 2.99. The van der Waals surface area contributed by atoms with Crippen molar-refractivity contribution in [2.24, 2.45) is 5.41 Å². The highest BCUT2D eigenvalue weighted by Crippen LogP contribution is 2.36. The molecular formula is C20H31NO2. The number of benzene rings is 1. The van der Waals surface area contributed by atoms with Gasteiger partial charge < -0.3 is 10.1 Å².